The minimum absolute atomic E-state index is 0.346. The molecule has 0 radical (unpaired) electrons. The van der Waals surface area contributed by atoms with Gasteiger partial charge in [-0.1, -0.05) is 6.92 Å². The van der Waals surface area contributed by atoms with Crippen LogP contribution >= 0.6 is 0 Å². The Morgan fingerprint density at radius 1 is 1.53 bits per heavy atom. The Kier molecular flexibility index (Phi) is 4.14. The summed E-state index contributed by atoms with van der Waals surface area (Å²) in [6.45, 7) is 6.44. The summed E-state index contributed by atoms with van der Waals surface area (Å²) in [6, 6.07) is 0. The van der Waals surface area contributed by atoms with E-state index in [1.807, 2.05) is 13.8 Å². The number of carboxylic acid groups (broad SMARTS) is 1. The molecule has 1 heterocycles. The van der Waals surface area contributed by atoms with Crippen molar-refractivity contribution < 1.29 is 19.4 Å². The molecule has 1 aliphatic rings. The Labute approximate surface area is 102 Å². The van der Waals surface area contributed by atoms with Crippen molar-refractivity contribution in [2.45, 2.75) is 51.2 Å². The summed E-state index contributed by atoms with van der Waals surface area (Å²) in [5, 5.41) is 9.49. The second-order valence-electron chi connectivity index (χ2n) is 4.81. The number of carboxylic acids is 1. The van der Waals surface area contributed by atoms with Crippen LogP contribution in [0.4, 0.5) is 0 Å². The number of carbonyl (C=O) groups is 2. The van der Waals surface area contributed by atoms with Gasteiger partial charge in [0.2, 0.25) is 6.41 Å². The highest BCUT2D eigenvalue weighted by molar-refractivity contribution is 5.81. The van der Waals surface area contributed by atoms with Gasteiger partial charge in [-0.05, 0) is 20.3 Å². The molecule has 0 aliphatic carbocycles. The molecule has 0 spiro atoms. The van der Waals surface area contributed by atoms with Crippen molar-refractivity contribution in [1.82, 2.24) is 4.90 Å². The molecule has 5 heteroatoms. The number of ether oxygens (including phenoxy) is 1. The lowest BCUT2D eigenvalue weighted by molar-refractivity contribution is -0.176. The van der Waals surface area contributed by atoms with Crippen LogP contribution in [0.1, 0.15) is 40.0 Å². The van der Waals surface area contributed by atoms with Gasteiger partial charge in [0.05, 0.1) is 12.2 Å². The summed E-state index contributed by atoms with van der Waals surface area (Å²) >= 11 is 0. The van der Waals surface area contributed by atoms with Crippen LogP contribution in [-0.4, -0.2) is 46.7 Å². The van der Waals surface area contributed by atoms with E-state index in [1.54, 1.807) is 6.92 Å². The summed E-state index contributed by atoms with van der Waals surface area (Å²) in [5.41, 5.74) is -1.58. The molecule has 1 aliphatic heterocycles. The minimum Gasteiger partial charge on any atom is -0.479 e. The lowest BCUT2D eigenvalue weighted by Crippen LogP contribution is -2.61. The number of hydrogen-bond acceptors (Lipinski definition) is 3. The second-order valence-corrected chi connectivity index (χ2v) is 4.81. The van der Waals surface area contributed by atoms with E-state index in [0.717, 1.165) is 6.42 Å². The molecule has 0 aromatic rings. The molecule has 0 bridgehead atoms. The third kappa shape index (κ3) is 2.44. The Balaban J connectivity index is 3.07. The van der Waals surface area contributed by atoms with Crippen molar-refractivity contribution in [3.63, 3.8) is 0 Å². The molecule has 2 atom stereocenters. The quantitative estimate of drug-likeness (QED) is 0.738. The lowest BCUT2D eigenvalue weighted by Gasteiger charge is -2.47. The standard InChI is InChI=1S/C12H21NO4/c1-4-11(3)8-12(10(15)16,6-7-17-11)13(5-2)9-14/h9H,4-8H2,1-3H3,(H,15,16). The van der Waals surface area contributed by atoms with E-state index in [9.17, 15) is 14.7 Å². The molecule has 2 unspecified atom stereocenters. The Morgan fingerprint density at radius 3 is 2.59 bits per heavy atom. The average molecular weight is 243 g/mol. The Bertz CT molecular complexity index is 307. The molecule has 1 rings (SSSR count). The van der Waals surface area contributed by atoms with Crippen molar-refractivity contribution >= 4 is 12.4 Å². The van der Waals surface area contributed by atoms with E-state index >= 15 is 0 Å². The zero-order valence-electron chi connectivity index (χ0n) is 10.7. The van der Waals surface area contributed by atoms with Crippen LogP contribution in [-0.2, 0) is 14.3 Å². The Hall–Kier alpha value is -1.10. The van der Waals surface area contributed by atoms with Crippen molar-refractivity contribution in [2.75, 3.05) is 13.2 Å². The summed E-state index contributed by atoms with van der Waals surface area (Å²) in [7, 11) is 0. The van der Waals surface area contributed by atoms with Gasteiger partial charge in [-0.25, -0.2) is 4.79 Å². The van der Waals surface area contributed by atoms with Crippen molar-refractivity contribution in [2.24, 2.45) is 0 Å². The summed E-state index contributed by atoms with van der Waals surface area (Å²) in [5.74, 6) is -0.936. The van der Waals surface area contributed by atoms with Crippen LogP contribution in [0.5, 0.6) is 0 Å². The molecule has 1 amide bonds. The van der Waals surface area contributed by atoms with Gasteiger partial charge in [-0.15, -0.1) is 0 Å². The van der Waals surface area contributed by atoms with E-state index in [0.29, 0.717) is 32.4 Å². The predicted octanol–water partition coefficient (Wildman–Crippen LogP) is 1.27. The fourth-order valence-corrected chi connectivity index (χ4v) is 2.48. The number of aliphatic carboxylic acids is 1. The van der Waals surface area contributed by atoms with E-state index in [4.69, 9.17) is 4.74 Å². The van der Waals surface area contributed by atoms with Crippen molar-refractivity contribution in [3.8, 4) is 0 Å². The first-order valence-electron chi connectivity index (χ1n) is 6.03. The van der Waals surface area contributed by atoms with Crippen LogP contribution in [0.15, 0.2) is 0 Å². The number of nitrogens with zero attached hydrogens (tertiary/aromatic N) is 1. The van der Waals surface area contributed by atoms with E-state index < -0.39 is 17.1 Å². The highest BCUT2D eigenvalue weighted by Gasteiger charge is 2.51. The van der Waals surface area contributed by atoms with E-state index in [1.165, 1.54) is 4.90 Å². The fourth-order valence-electron chi connectivity index (χ4n) is 2.48. The zero-order chi connectivity index (χ0) is 13.1. The smallest absolute Gasteiger partial charge is 0.329 e. The number of amides is 1. The van der Waals surface area contributed by atoms with Gasteiger partial charge < -0.3 is 14.7 Å². The highest BCUT2D eigenvalue weighted by atomic mass is 16.5. The van der Waals surface area contributed by atoms with E-state index in [-0.39, 0.29) is 0 Å². The number of hydrogen-bond donors (Lipinski definition) is 1. The monoisotopic (exact) mass is 243 g/mol. The first kappa shape index (κ1) is 14.0. The van der Waals surface area contributed by atoms with Gasteiger partial charge in [0.25, 0.3) is 0 Å². The van der Waals surface area contributed by atoms with Crippen LogP contribution in [0.2, 0.25) is 0 Å². The summed E-state index contributed by atoms with van der Waals surface area (Å²) in [4.78, 5) is 24.0. The maximum absolute atomic E-state index is 11.6. The van der Waals surface area contributed by atoms with Gasteiger partial charge in [-0.3, -0.25) is 4.79 Å². The van der Waals surface area contributed by atoms with Crippen LogP contribution in [0.25, 0.3) is 0 Å². The maximum atomic E-state index is 11.6. The molecule has 0 aromatic carbocycles. The molecule has 17 heavy (non-hydrogen) atoms. The number of carbonyl (C=O) groups excluding carboxylic acids is 1. The van der Waals surface area contributed by atoms with Crippen LogP contribution < -0.4 is 0 Å². The largest absolute Gasteiger partial charge is 0.479 e. The molecule has 1 fully saturated rings. The van der Waals surface area contributed by atoms with Gasteiger partial charge in [0.15, 0.2) is 0 Å². The van der Waals surface area contributed by atoms with Gasteiger partial charge in [0.1, 0.15) is 5.54 Å². The third-order valence-electron chi connectivity index (χ3n) is 3.80. The molecule has 1 N–H and O–H groups in total. The first-order chi connectivity index (χ1) is 7.94. The molecule has 98 valence electrons. The highest BCUT2D eigenvalue weighted by Crippen LogP contribution is 2.38. The van der Waals surface area contributed by atoms with Gasteiger partial charge >= 0.3 is 5.97 Å². The zero-order valence-corrected chi connectivity index (χ0v) is 10.7. The molecule has 0 aromatic heterocycles. The predicted molar refractivity (Wildman–Crippen MR) is 62.7 cm³/mol. The molecular formula is C12H21NO4. The molecular weight excluding hydrogens is 222 g/mol. The summed E-state index contributed by atoms with van der Waals surface area (Å²) < 4.78 is 5.65. The first-order valence-corrected chi connectivity index (χ1v) is 6.03. The number of rotatable bonds is 5. The second kappa shape index (κ2) is 5.04. The average Bonchev–Trinajstić information content (AvgIpc) is 2.30. The van der Waals surface area contributed by atoms with Gasteiger partial charge in [0, 0.05) is 19.4 Å². The fraction of sp³-hybridized carbons (Fsp3) is 0.833. The molecule has 5 nitrogen and oxygen atoms in total. The maximum Gasteiger partial charge on any atom is 0.329 e. The lowest BCUT2D eigenvalue weighted by atomic mass is 9.78. The van der Waals surface area contributed by atoms with Crippen LogP contribution in [0.3, 0.4) is 0 Å². The SMILES string of the molecule is CCN(C=O)C1(C(=O)O)CCOC(C)(CC)C1. The third-order valence-corrected chi connectivity index (χ3v) is 3.80. The normalized spacial score (nSPS) is 33.1. The van der Waals surface area contributed by atoms with E-state index in [2.05, 4.69) is 0 Å². The minimum atomic E-state index is -1.11. The molecule has 0 saturated carbocycles. The van der Waals surface area contributed by atoms with Crippen molar-refractivity contribution in [1.29, 1.82) is 0 Å². The van der Waals surface area contributed by atoms with Crippen LogP contribution in [0, 0.1) is 0 Å². The Morgan fingerprint density at radius 2 is 2.18 bits per heavy atom. The molecule has 1 saturated heterocycles. The van der Waals surface area contributed by atoms with Crippen molar-refractivity contribution in [3.05, 3.63) is 0 Å². The number of likely N-dealkylation sites (N-methyl/N-ethyl adjacent to an activating group) is 1. The van der Waals surface area contributed by atoms with Gasteiger partial charge in [-0.2, -0.15) is 0 Å². The topological polar surface area (TPSA) is 66.8 Å². The summed E-state index contributed by atoms with van der Waals surface area (Å²) in [6.07, 6.45) is 2.07.